The number of halogens is 2. The molecule has 0 radical (unpaired) electrons. The molecule has 0 aromatic heterocycles. The van der Waals surface area contributed by atoms with Gasteiger partial charge in [-0.15, -0.1) is 11.8 Å². The van der Waals surface area contributed by atoms with Crippen molar-refractivity contribution in [3.63, 3.8) is 0 Å². The van der Waals surface area contributed by atoms with Gasteiger partial charge in [0.05, 0.1) is 11.5 Å². The molecule has 0 N–H and O–H groups in total. The molecule has 0 aliphatic rings. The molecule has 0 atom stereocenters. The first-order valence-electron chi connectivity index (χ1n) is 3.85. The Morgan fingerprint density at radius 3 is 2.62 bits per heavy atom. The van der Waals surface area contributed by atoms with Crippen molar-refractivity contribution in [1.29, 1.82) is 0 Å². The second-order valence-corrected chi connectivity index (χ2v) is 3.14. The predicted octanol–water partition coefficient (Wildman–Crippen LogP) is 3.09. The van der Waals surface area contributed by atoms with Gasteiger partial charge in [0, 0.05) is 0 Å². The molecule has 0 bridgehead atoms. The van der Waals surface area contributed by atoms with Crippen molar-refractivity contribution in [3.8, 4) is 5.75 Å². The van der Waals surface area contributed by atoms with Crippen LogP contribution in [-0.2, 0) is 0 Å². The van der Waals surface area contributed by atoms with E-state index < -0.39 is 11.6 Å². The van der Waals surface area contributed by atoms with Crippen molar-refractivity contribution in [2.75, 3.05) is 12.9 Å². The number of hydrogen-bond donors (Lipinski definition) is 0. The molecule has 1 nitrogen and oxygen atoms in total. The van der Waals surface area contributed by atoms with Gasteiger partial charge in [0.25, 0.3) is 0 Å². The second-order valence-electron chi connectivity index (χ2n) is 2.33. The predicted molar refractivity (Wildman–Crippen MR) is 49.3 cm³/mol. The monoisotopic (exact) mass is 204 g/mol. The molecule has 0 heterocycles. The van der Waals surface area contributed by atoms with Gasteiger partial charge in [-0.2, -0.15) is 0 Å². The molecule has 1 aromatic rings. The maximum atomic E-state index is 13.3. The van der Waals surface area contributed by atoms with Crippen molar-refractivity contribution in [1.82, 2.24) is 0 Å². The minimum Gasteiger partial charge on any atom is -0.491 e. The maximum absolute atomic E-state index is 13.3. The van der Waals surface area contributed by atoms with Crippen LogP contribution >= 0.6 is 11.8 Å². The highest BCUT2D eigenvalue weighted by molar-refractivity contribution is 7.98. The molecule has 13 heavy (non-hydrogen) atoms. The molecule has 0 spiro atoms. The van der Waals surface area contributed by atoms with Gasteiger partial charge in [0.2, 0.25) is 0 Å². The Morgan fingerprint density at radius 1 is 1.38 bits per heavy atom. The zero-order valence-corrected chi connectivity index (χ0v) is 8.25. The second kappa shape index (κ2) is 4.46. The van der Waals surface area contributed by atoms with Gasteiger partial charge in [-0.05, 0) is 25.3 Å². The van der Waals surface area contributed by atoms with Crippen molar-refractivity contribution in [2.45, 2.75) is 11.8 Å². The molecule has 72 valence electrons. The SMILES string of the molecule is CCOc1ccc(F)c(SC)c1F. The van der Waals surface area contributed by atoms with Crippen LogP contribution < -0.4 is 4.74 Å². The normalized spacial score (nSPS) is 10.2. The van der Waals surface area contributed by atoms with Crippen molar-refractivity contribution >= 4 is 11.8 Å². The summed E-state index contributed by atoms with van der Waals surface area (Å²) < 4.78 is 31.3. The zero-order chi connectivity index (χ0) is 9.84. The molecule has 0 saturated carbocycles. The van der Waals surface area contributed by atoms with E-state index in [-0.39, 0.29) is 10.6 Å². The lowest BCUT2D eigenvalue weighted by atomic mass is 10.3. The Morgan fingerprint density at radius 2 is 2.08 bits per heavy atom. The van der Waals surface area contributed by atoms with Crippen LogP contribution in [0.2, 0.25) is 0 Å². The quantitative estimate of drug-likeness (QED) is 0.700. The number of ether oxygens (including phenoxy) is 1. The highest BCUT2D eigenvalue weighted by atomic mass is 32.2. The van der Waals surface area contributed by atoms with Gasteiger partial charge in [0.1, 0.15) is 5.82 Å². The summed E-state index contributed by atoms with van der Waals surface area (Å²) in [7, 11) is 0. The third-order valence-electron chi connectivity index (χ3n) is 1.52. The van der Waals surface area contributed by atoms with E-state index in [1.165, 1.54) is 12.1 Å². The van der Waals surface area contributed by atoms with Crippen LogP contribution in [0.15, 0.2) is 17.0 Å². The average molecular weight is 204 g/mol. The lowest BCUT2D eigenvalue weighted by Crippen LogP contribution is -1.97. The third-order valence-corrected chi connectivity index (χ3v) is 2.30. The Labute approximate surface area is 80.1 Å². The molecule has 4 heteroatoms. The largest absolute Gasteiger partial charge is 0.491 e. The summed E-state index contributed by atoms with van der Waals surface area (Å²) in [5.74, 6) is -1.06. The summed E-state index contributed by atoms with van der Waals surface area (Å²) in [4.78, 5) is 0.00551. The Balaban J connectivity index is 3.11. The van der Waals surface area contributed by atoms with Crippen LogP contribution in [-0.4, -0.2) is 12.9 Å². The molecule has 0 fully saturated rings. The van der Waals surface area contributed by atoms with Gasteiger partial charge in [-0.25, -0.2) is 8.78 Å². The van der Waals surface area contributed by atoms with E-state index in [0.29, 0.717) is 6.61 Å². The highest BCUT2D eigenvalue weighted by Crippen LogP contribution is 2.29. The molecular formula is C9H10F2OS. The molecular weight excluding hydrogens is 194 g/mol. The maximum Gasteiger partial charge on any atom is 0.181 e. The molecule has 0 aliphatic heterocycles. The van der Waals surface area contributed by atoms with E-state index in [1.807, 2.05) is 0 Å². The lowest BCUT2D eigenvalue weighted by Gasteiger charge is -2.07. The zero-order valence-electron chi connectivity index (χ0n) is 7.43. The van der Waals surface area contributed by atoms with Crippen LogP contribution in [0.3, 0.4) is 0 Å². The van der Waals surface area contributed by atoms with E-state index in [4.69, 9.17) is 4.74 Å². The van der Waals surface area contributed by atoms with Gasteiger partial charge in [-0.3, -0.25) is 0 Å². The van der Waals surface area contributed by atoms with E-state index in [9.17, 15) is 8.78 Å². The molecule has 0 aliphatic carbocycles. The lowest BCUT2D eigenvalue weighted by molar-refractivity contribution is 0.316. The smallest absolute Gasteiger partial charge is 0.181 e. The molecule has 1 aromatic carbocycles. The van der Waals surface area contributed by atoms with Gasteiger partial charge >= 0.3 is 0 Å². The van der Waals surface area contributed by atoms with E-state index in [2.05, 4.69) is 0 Å². The van der Waals surface area contributed by atoms with Crippen LogP contribution in [0.25, 0.3) is 0 Å². The fourth-order valence-corrected chi connectivity index (χ4v) is 1.51. The molecule has 0 saturated heterocycles. The van der Waals surface area contributed by atoms with Crippen LogP contribution in [0, 0.1) is 11.6 Å². The average Bonchev–Trinajstić information content (AvgIpc) is 2.11. The summed E-state index contributed by atoms with van der Waals surface area (Å²) in [6, 6.07) is 2.51. The highest BCUT2D eigenvalue weighted by Gasteiger charge is 2.12. The summed E-state index contributed by atoms with van der Waals surface area (Å²) in [5.41, 5.74) is 0. The fraction of sp³-hybridized carbons (Fsp3) is 0.333. The van der Waals surface area contributed by atoms with E-state index in [1.54, 1.807) is 13.2 Å². The minimum absolute atomic E-state index is 0.00551. The molecule has 0 unspecified atom stereocenters. The number of thioether (sulfide) groups is 1. The van der Waals surface area contributed by atoms with Crippen molar-refractivity contribution in [2.24, 2.45) is 0 Å². The topological polar surface area (TPSA) is 9.23 Å². The van der Waals surface area contributed by atoms with Crippen molar-refractivity contribution < 1.29 is 13.5 Å². The van der Waals surface area contributed by atoms with Gasteiger partial charge in [-0.1, -0.05) is 0 Å². The van der Waals surface area contributed by atoms with Crippen LogP contribution in [0.5, 0.6) is 5.75 Å². The molecule has 0 amide bonds. The van der Waals surface area contributed by atoms with Crippen LogP contribution in [0.4, 0.5) is 8.78 Å². The van der Waals surface area contributed by atoms with Crippen LogP contribution in [0.1, 0.15) is 6.92 Å². The van der Waals surface area contributed by atoms with Gasteiger partial charge in [0.15, 0.2) is 11.6 Å². The number of benzene rings is 1. The minimum atomic E-state index is -0.616. The Bertz CT molecular complexity index is 302. The summed E-state index contributed by atoms with van der Waals surface area (Å²) >= 11 is 1.03. The number of rotatable bonds is 3. The standard InChI is InChI=1S/C9H10F2OS/c1-3-12-7-5-4-6(10)9(13-2)8(7)11/h4-5H,3H2,1-2H3. The van der Waals surface area contributed by atoms with Gasteiger partial charge < -0.3 is 4.74 Å². The first-order valence-corrected chi connectivity index (χ1v) is 5.08. The first-order chi connectivity index (χ1) is 6.20. The summed E-state index contributed by atoms with van der Waals surface area (Å²) in [6.07, 6.45) is 1.62. The van der Waals surface area contributed by atoms with Crippen molar-refractivity contribution in [3.05, 3.63) is 23.8 Å². The number of hydrogen-bond acceptors (Lipinski definition) is 2. The summed E-state index contributed by atoms with van der Waals surface area (Å²) in [5, 5.41) is 0. The van der Waals surface area contributed by atoms with E-state index in [0.717, 1.165) is 11.8 Å². The third kappa shape index (κ3) is 2.12. The Kier molecular flexibility index (Phi) is 3.54. The van der Waals surface area contributed by atoms with E-state index >= 15 is 0 Å². The Hall–Kier alpha value is -0.770. The fourth-order valence-electron chi connectivity index (χ4n) is 0.969. The summed E-state index contributed by atoms with van der Waals surface area (Å²) in [6.45, 7) is 2.12. The first kappa shape index (κ1) is 10.3. The molecule has 1 rings (SSSR count).